The van der Waals surface area contributed by atoms with E-state index in [1.54, 1.807) is 11.6 Å². The van der Waals surface area contributed by atoms with Gasteiger partial charge in [-0.3, -0.25) is 4.79 Å². The Morgan fingerprint density at radius 1 is 1.90 bits per heavy atom. The van der Waals surface area contributed by atoms with E-state index in [0.29, 0.717) is 17.8 Å². The van der Waals surface area contributed by atoms with Crippen molar-refractivity contribution < 1.29 is 4.79 Å². The van der Waals surface area contributed by atoms with E-state index in [1.807, 2.05) is 0 Å². The zero-order valence-electron chi connectivity index (χ0n) is 5.61. The molecule has 0 spiro atoms. The second-order valence-electron chi connectivity index (χ2n) is 1.84. The lowest BCUT2D eigenvalue weighted by Gasteiger charge is -1.89. The second-order valence-corrected chi connectivity index (χ2v) is 1.84. The fourth-order valence-electron chi connectivity index (χ4n) is 0.685. The molecule has 0 unspecified atom stereocenters. The van der Waals surface area contributed by atoms with Crippen molar-refractivity contribution >= 4 is 18.8 Å². The van der Waals surface area contributed by atoms with E-state index in [0.717, 1.165) is 0 Å². The Balaban J connectivity index is 3.25. The Labute approximate surface area is 58.2 Å². The van der Waals surface area contributed by atoms with Gasteiger partial charge < -0.3 is 4.57 Å². The van der Waals surface area contributed by atoms with Crippen molar-refractivity contribution in [3.05, 3.63) is 12.0 Å². The molecule has 1 rings (SSSR count). The molecule has 0 aromatic carbocycles. The maximum atomic E-state index is 10.3. The standard InChI is InChI=1S/C6H7N3O/c1-7-6-5(3-10)9(2)4-8-6/h3-4H,1H2,2H3. The first-order valence-electron chi connectivity index (χ1n) is 2.73. The Morgan fingerprint density at radius 3 is 3.00 bits per heavy atom. The van der Waals surface area contributed by atoms with Crippen LogP contribution in [0.3, 0.4) is 0 Å². The van der Waals surface area contributed by atoms with E-state index in [9.17, 15) is 4.79 Å². The SMILES string of the molecule is C=Nc1ncn(C)c1C=O. The van der Waals surface area contributed by atoms with Crippen LogP contribution in [0.1, 0.15) is 10.5 Å². The van der Waals surface area contributed by atoms with Gasteiger partial charge in [-0.1, -0.05) is 0 Å². The number of aliphatic imine (C=N–C) groups is 1. The lowest BCUT2D eigenvalue weighted by Crippen LogP contribution is -1.91. The monoisotopic (exact) mass is 137 g/mol. The van der Waals surface area contributed by atoms with Gasteiger partial charge >= 0.3 is 0 Å². The summed E-state index contributed by atoms with van der Waals surface area (Å²) in [6, 6.07) is 0. The average molecular weight is 137 g/mol. The molecule has 0 fully saturated rings. The number of hydrogen-bond acceptors (Lipinski definition) is 3. The molecular formula is C6H7N3O. The summed E-state index contributed by atoms with van der Waals surface area (Å²) in [4.78, 5) is 17.7. The number of aromatic nitrogens is 2. The van der Waals surface area contributed by atoms with E-state index < -0.39 is 0 Å². The van der Waals surface area contributed by atoms with E-state index >= 15 is 0 Å². The zero-order chi connectivity index (χ0) is 7.56. The number of carbonyl (C=O) groups is 1. The molecule has 0 radical (unpaired) electrons. The highest BCUT2D eigenvalue weighted by molar-refractivity contribution is 5.79. The minimum Gasteiger partial charge on any atom is -0.330 e. The first-order valence-corrected chi connectivity index (χ1v) is 2.73. The van der Waals surface area contributed by atoms with Gasteiger partial charge in [0.1, 0.15) is 5.69 Å². The van der Waals surface area contributed by atoms with Crippen molar-refractivity contribution in [1.82, 2.24) is 9.55 Å². The number of aryl methyl sites for hydroxylation is 1. The van der Waals surface area contributed by atoms with Crippen molar-refractivity contribution in [2.24, 2.45) is 12.0 Å². The van der Waals surface area contributed by atoms with Crippen LogP contribution in [0.2, 0.25) is 0 Å². The minimum absolute atomic E-state index is 0.387. The number of nitrogens with zero attached hydrogens (tertiary/aromatic N) is 3. The Morgan fingerprint density at radius 2 is 2.60 bits per heavy atom. The summed E-state index contributed by atoms with van der Waals surface area (Å²) in [6.07, 6.45) is 2.23. The van der Waals surface area contributed by atoms with Gasteiger partial charge in [0.2, 0.25) is 0 Å². The molecule has 10 heavy (non-hydrogen) atoms. The quantitative estimate of drug-likeness (QED) is 0.441. The fourth-order valence-corrected chi connectivity index (χ4v) is 0.685. The molecule has 0 aliphatic carbocycles. The van der Waals surface area contributed by atoms with Crippen LogP contribution in [-0.2, 0) is 7.05 Å². The molecule has 4 nitrogen and oxygen atoms in total. The van der Waals surface area contributed by atoms with Crippen LogP contribution >= 0.6 is 0 Å². The molecule has 4 heteroatoms. The van der Waals surface area contributed by atoms with E-state index in [1.165, 1.54) is 6.33 Å². The number of aldehydes is 1. The van der Waals surface area contributed by atoms with Crippen LogP contribution < -0.4 is 0 Å². The van der Waals surface area contributed by atoms with Crippen LogP contribution in [0.15, 0.2) is 11.3 Å². The highest BCUT2D eigenvalue weighted by atomic mass is 16.1. The number of carbonyl (C=O) groups excluding carboxylic acids is 1. The molecular weight excluding hydrogens is 130 g/mol. The van der Waals surface area contributed by atoms with Gasteiger partial charge in [-0.2, -0.15) is 0 Å². The van der Waals surface area contributed by atoms with Gasteiger partial charge in [0.05, 0.1) is 6.33 Å². The molecule has 1 aromatic heterocycles. The summed E-state index contributed by atoms with van der Waals surface area (Å²) in [6.45, 7) is 3.27. The van der Waals surface area contributed by atoms with Gasteiger partial charge in [0, 0.05) is 7.05 Å². The third-order valence-electron chi connectivity index (χ3n) is 1.22. The zero-order valence-corrected chi connectivity index (χ0v) is 5.61. The molecule has 0 amide bonds. The van der Waals surface area contributed by atoms with E-state index in [4.69, 9.17) is 0 Å². The smallest absolute Gasteiger partial charge is 0.180 e. The van der Waals surface area contributed by atoms with Crippen molar-refractivity contribution in [2.75, 3.05) is 0 Å². The Kier molecular flexibility index (Phi) is 1.62. The largest absolute Gasteiger partial charge is 0.330 e. The summed E-state index contributed by atoms with van der Waals surface area (Å²) < 4.78 is 1.59. The van der Waals surface area contributed by atoms with Crippen LogP contribution in [0, 0.1) is 0 Å². The Hall–Kier alpha value is -1.45. The van der Waals surface area contributed by atoms with Gasteiger partial charge in [-0.05, 0) is 6.72 Å². The van der Waals surface area contributed by atoms with E-state index in [2.05, 4.69) is 16.7 Å². The average Bonchev–Trinajstić information content (AvgIpc) is 2.30. The maximum Gasteiger partial charge on any atom is 0.180 e. The molecule has 0 aliphatic heterocycles. The molecule has 1 heterocycles. The van der Waals surface area contributed by atoms with Gasteiger partial charge in [0.25, 0.3) is 0 Å². The predicted octanol–water partition coefficient (Wildman–Crippen LogP) is 0.565. The number of rotatable bonds is 2. The number of imidazole rings is 1. The molecule has 0 aliphatic rings. The summed E-state index contributed by atoms with van der Waals surface area (Å²) in [5.41, 5.74) is 0.454. The van der Waals surface area contributed by atoms with Crippen LogP contribution in [0.4, 0.5) is 5.82 Å². The normalized spacial score (nSPS) is 9.30. The predicted molar refractivity (Wildman–Crippen MR) is 37.8 cm³/mol. The summed E-state index contributed by atoms with van der Waals surface area (Å²) in [5.74, 6) is 0.387. The first-order chi connectivity index (χ1) is 4.79. The molecule has 0 bridgehead atoms. The van der Waals surface area contributed by atoms with Crippen LogP contribution in [0.25, 0.3) is 0 Å². The molecule has 0 N–H and O–H groups in total. The van der Waals surface area contributed by atoms with Crippen molar-refractivity contribution in [3.8, 4) is 0 Å². The minimum atomic E-state index is 0.387. The van der Waals surface area contributed by atoms with Crippen LogP contribution in [-0.4, -0.2) is 22.6 Å². The van der Waals surface area contributed by atoms with Gasteiger partial charge in [-0.25, -0.2) is 9.98 Å². The topological polar surface area (TPSA) is 47.2 Å². The van der Waals surface area contributed by atoms with Crippen molar-refractivity contribution in [3.63, 3.8) is 0 Å². The lowest BCUT2D eigenvalue weighted by molar-refractivity contribution is 0.111. The molecule has 1 aromatic rings. The third-order valence-corrected chi connectivity index (χ3v) is 1.22. The maximum absolute atomic E-state index is 10.3. The highest BCUT2D eigenvalue weighted by Crippen LogP contribution is 2.11. The van der Waals surface area contributed by atoms with Gasteiger partial charge in [-0.15, -0.1) is 0 Å². The highest BCUT2D eigenvalue weighted by Gasteiger charge is 2.03. The number of hydrogen-bond donors (Lipinski definition) is 0. The molecule has 0 saturated carbocycles. The second kappa shape index (κ2) is 2.43. The summed E-state index contributed by atoms with van der Waals surface area (Å²) in [7, 11) is 1.73. The first kappa shape index (κ1) is 6.67. The fraction of sp³-hybridized carbons (Fsp3) is 0.167. The lowest BCUT2D eigenvalue weighted by atomic mass is 10.5. The molecule has 0 saturated heterocycles. The van der Waals surface area contributed by atoms with Crippen molar-refractivity contribution in [2.45, 2.75) is 0 Å². The molecule has 52 valence electrons. The van der Waals surface area contributed by atoms with Gasteiger partial charge in [0.15, 0.2) is 12.1 Å². The van der Waals surface area contributed by atoms with Crippen molar-refractivity contribution in [1.29, 1.82) is 0 Å². The van der Waals surface area contributed by atoms with Crippen LogP contribution in [0.5, 0.6) is 0 Å². The Bertz CT molecular complexity index is 264. The summed E-state index contributed by atoms with van der Waals surface area (Å²) in [5, 5.41) is 0. The van der Waals surface area contributed by atoms with E-state index in [-0.39, 0.29) is 0 Å². The third kappa shape index (κ3) is 0.834. The molecule has 0 atom stereocenters. The summed E-state index contributed by atoms with van der Waals surface area (Å²) >= 11 is 0.